The van der Waals surface area contributed by atoms with Crippen molar-refractivity contribution >= 4 is 15.9 Å². The molecule has 2 unspecified atom stereocenters. The predicted molar refractivity (Wildman–Crippen MR) is 61.1 cm³/mol. The summed E-state index contributed by atoms with van der Waals surface area (Å²) in [5.41, 5.74) is 1.17. The van der Waals surface area contributed by atoms with Gasteiger partial charge in [-0.25, -0.2) is 0 Å². The van der Waals surface area contributed by atoms with Crippen LogP contribution in [0.1, 0.15) is 25.8 Å². The molecule has 2 nitrogen and oxygen atoms in total. The van der Waals surface area contributed by atoms with Crippen molar-refractivity contribution in [2.75, 3.05) is 0 Å². The lowest BCUT2D eigenvalue weighted by molar-refractivity contribution is 0.112. The first-order valence-electron chi connectivity index (χ1n) is 4.91. The number of aliphatic hydroxyl groups is 1. The van der Waals surface area contributed by atoms with Crippen molar-refractivity contribution in [2.45, 2.75) is 32.8 Å². The highest BCUT2D eigenvalue weighted by atomic mass is 79.9. The van der Waals surface area contributed by atoms with Gasteiger partial charge in [0.05, 0.1) is 6.10 Å². The van der Waals surface area contributed by atoms with E-state index in [4.69, 9.17) is 0 Å². The van der Waals surface area contributed by atoms with E-state index >= 15 is 0 Å². The molecular weight excluding hydrogens is 242 g/mol. The summed E-state index contributed by atoms with van der Waals surface area (Å²) in [5, 5.41) is 9.62. The Morgan fingerprint density at radius 2 is 2.21 bits per heavy atom. The van der Waals surface area contributed by atoms with Crippen LogP contribution in [0.15, 0.2) is 22.9 Å². The molecule has 1 heterocycles. The molecule has 1 aromatic rings. The van der Waals surface area contributed by atoms with Gasteiger partial charge in [0.25, 0.3) is 0 Å². The number of hydrogen-bond donors (Lipinski definition) is 1. The van der Waals surface area contributed by atoms with Crippen molar-refractivity contribution in [1.82, 2.24) is 4.98 Å². The van der Waals surface area contributed by atoms with Gasteiger partial charge in [-0.15, -0.1) is 0 Å². The fraction of sp³-hybridized carbons (Fsp3) is 0.545. The number of rotatable bonds is 4. The Bertz CT molecular complexity index is 290. The zero-order valence-electron chi connectivity index (χ0n) is 8.57. The molecule has 1 rings (SSSR count). The number of nitrogens with zero attached hydrogens (tertiary/aromatic N) is 1. The van der Waals surface area contributed by atoms with Crippen molar-refractivity contribution in [2.24, 2.45) is 5.92 Å². The minimum atomic E-state index is -0.214. The fourth-order valence-electron chi connectivity index (χ4n) is 1.48. The summed E-state index contributed by atoms with van der Waals surface area (Å²) >= 11 is 3.38. The summed E-state index contributed by atoms with van der Waals surface area (Å²) in [7, 11) is 0. The van der Waals surface area contributed by atoms with Crippen molar-refractivity contribution in [1.29, 1.82) is 0 Å². The summed E-state index contributed by atoms with van der Waals surface area (Å²) < 4.78 is 0.994. The van der Waals surface area contributed by atoms with Gasteiger partial charge >= 0.3 is 0 Å². The Labute approximate surface area is 93.5 Å². The number of pyridine rings is 1. The molecular formula is C11H16BrNO. The van der Waals surface area contributed by atoms with Gasteiger partial charge in [0.1, 0.15) is 0 Å². The van der Waals surface area contributed by atoms with E-state index in [1.165, 1.54) is 5.56 Å². The van der Waals surface area contributed by atoms with Gasteiger partial charge in [0.2, 0.25) is 0 Å². The Balaban J connectivity index is 2.60. The average Bonchev–Trinajstić information content (AvgIpc) is 2.16. The number of halogens is 1. The molecule has 0 bridgehead atoms. The molecule has 0 spiro atoms. The van der Waals surface area contributed by atoms with Crippen LogP contribution in [0.4, 0.5) is 0 Å². The SMILES string of the molecule is CCC(O)C(C)Cc1cncc(Br)c1. The first-order valence-corrected chi connectivity index (χ1v) is 5.70. The molecule has 0 aliphatic heterocycles. The number of aliphatic hydroxyl groups excluding tert-OH is 1. The first-order chi connectivity index (χ1) is 6.63. The zero-order valence-corrected chi connectivity index (χ0v) is 10.2. The van der Waals surface area contributed by atoms with Gasteiger partial charge in [-0.3, -0.25) is 4.98 Å². The molecule has 0 saturated carbocycles. The summed E-state index contributed by atoms with van der Waals surface area (Å²) in [4.78, 5) is 4.09. The maximum atomic E-state index is 9.62. The van der Waals surface area contributed by atoms with E-state index in [9.17, 15) is 5.11 Å². The summed E-state index contributed by atoms with van der Waals surface area (Å²) in [6.45, 7) is 4.06. The molecule has 0 fully saturated rings. The molecule has 0 saturated heterocycles. The van der Waals surface area contributed by atoms with E-state index in [-0.39, 0.29) is 12.0 Å². The van der Waals surface area contributed by atoms with Crippen molar-refractivity contribution in [3.8, 4) is 0 Å². The average molecular weight is 258 g/mol. The molecule has 0 radical (unpaired) electrons. The minimum Gasteiger partial charge on any atom is -0.393 e. The highest BCUT2D eigenvalue weighted by Crippen LogP contribution is 2.16. The Morgan fingerprint density at radius 1 is 1.50 bits per heavy atom. The molecule has 1 N–H and O–H groups in total. The van der Waals surface area contributed by atoms with Crippen LogP contribution in [0, 0.1) is 5.92 Å². The highest BCUT2D eigenvalue weighted by molar-refractivity contribution is 9.10. The third kappa shape index (κ3) is 3.39. The molecule has 1 aromatic heterocycles. The van der Waals surface area contributed by atoms with E-state index < -0.39 is 0 Å². The molecule has 0 aromatic carbocycles. The van der Waals surface area contributed by atoms with Gasteiger partial charge < -0.3 is 5.11 Å². The standard InChI is InChI=1S/C11H16BrNO/c1-3-11(14)8(2)4-9-5-10(12)7-13-6-9/h5-8,11,14H,3-4H2,1-2H3. The van der Waals surface area contributed by atoms with Crippen LogP contribution in [0.5, 0.6) is 0 Å². The molecule has 78 valence electrons. The van der Waals surface area contributed by atoms with E-state index in [0.717, 1.165) is 17.3 Å². The van der Waals surface area contributed by atoms with Crippen LogP contribution in [-0.2, 0) is 6.42 Å². The van der Waals surface area contributed by atoms with Crippen molar-refractivity contribution in [3.63, 3.8) is 0 Å². The summed E-state index contributed by atoms with van der Waals surface area (Å²) in [6.07, 6.45) is 5.09. The van der Waals surface area contributed by atoms with Gasteiger partial charge in [0, 0.05) is 16.9 Å². The van der Waals surface area contributed by atoms with Crippen LogP contribution in [0.3, 0.4) is 0 Å². The maximum Gasteiger partial charge on any atom is 0.0566 e. The van der Waals surface area contributed by atoms with E-state index in [1.54, 1.807) is 6.20 Å². The normalized spacial score (nSPS) is 15.1. The lowest BCUT2D eigenvalue weighted by Crippen LogP contribution is -2.18. The van der Waals surface area contributed by atoms with Gasteiger partial charge in [-0.05, 0) is 46.3 Å². The number of aromatic nitrogens is 1. The summed E-state index contributed by atoms with van der Waals surface area (Å²) in [5.74, 6) is 0.288. The molecule has 2 atom stereocenters. The molecule has 0 aliphatic carbocycles. The third-order valence-electron chi connectivity index (χ3n) is 2.39. The zero-order chi connectivity index (χ0) is 10.6. The quantitative estimate of drug-likeness (QED) is 0.900. The fourth-order valence-corrected chi connectivity index (χ4v) is 1.89. The highest BCUT2D eigenvalue weighted by Gasteiger charge is 2.12. The lowest BCUT2D eigenvalue weighted by Gasteiger charge is -2.16. The molecule has 3 heteroatoms. The van der Waals surface area contributed by atoms with Crippen molar-refractivity contribution in [3.05, 3.63) is 28.5 Å². The number of hydrogen-bond acceptors (Lipinski definition) is 2. The summed E-state index contributed by atoms with van der Waals surface area (Å²) in [6, 6.07) is 2.05. The Morgan fingerprint density at radius 3 is 2.79 bits per heavy atom. The molecule has 0 amide bonds. The van der Waals surface area contributed by atoms with Gasteiger partial charge in [-0.1, -0.05) is 13.8 Å². The lowest BCUT2D eigenvalue weighted by atomic mass is 9.95. The molecule has 14 heavy (non-hydrogen) atoms. The minimum absolute atomic E-state index is 0.214. The van der Waals surface area contributed by atoms with Crippen LogP contribution >= 0.6 is 15.9 Å². The third-order valence-corrected chi connectivity index (χ3v) is 2.83. The van der Waals surface area contributed by atoms with Crippen LogP contribution in [-0.4, -0.2) is 16.2 Å². The predicted octanol–water partition coefficient (Wildman–Crippen LogP) is 2.79. The topological polar surface area (TPSA) is 33.1 Å². The maximum absolute atomic E-state index is 9.62. The second kappa shape index (κ2) is 5.47. The molecule has 0 aliphatic rings. The van der Waals surface area contributed by atoms with Crippen LogP contribution in [0.2, 0.25) is 0 Å². The second-order valence-electron chi connectivity index (χ2n) is 3.67. The Kier molecular flexibility index (Phi) is 4.55. The Hall–Kier alpha value is -0.410. The van der Waals surface area contributed by atoms with Gasteiger partial charge in [-0.2, -0.15) is 0 Å². The smallest absolute Gasteiger partial charge is 0.0566 e. The van der Waals surface area contributed by atoms with E-state index in [1.807, 2.05) is 19.2 Å². The van der Waals surface area contributed by atoms with Crippen LogP contribution < -0.4 is 0 Å². The first kappa shape index (κ1) is 11.7. The largest absolute Gasteiger partial charge is 0.393 e. The van der Waals surface area contributed by atoms with Gasteiger partial charge in [0.15, 0.2) is 0 Å². The van der Waals surface area contributed by atoms with E-state index in [2.05, 4.69) is 27.8 Å². The van der Waals surface area contributed by atoms with Crippen LogP contribution in [0.25, 0.3) is 0 Å². The monoisotopic (exact) mass is 257 g/mol. The van der Waals surface area contributed by atoms with Crippen molar-refractivity contribution < 1.29 is 5.11 Å². The second-order valence-corrected chi connectivity index (χ2v) is 4.58. The van der Waals surface area contributed by atoms with E-state index in [0.29, 0.717) is 0 Å².